The van der Waals surface area contributed by atoms with Gasteiger partial charge in [-0.1, -0.05) is 0 Å². The molecule has 1 N–H and O–H groups in total. The van der Waals surface area contributed by atoms with Crippen LogP contribution >= 0.6 is 0 Å². The van der Waals surface area contributed by atoms with Gasteiger partial charge in [0.25, 0.3) is 0 Å². The lowest BCUT2D eigenvalue weighted by Crippen LogP contribution is -1.82. The molecule has 2 heteroatoms. The molecule has 0 spiro atoms. The number of carbonyl (C=O) groups excluding carboxylic acids is 1. The highest BCUT2D eigenvalue weighted by Crippen LogP contribution is 2.01. The predicted molar refractivity (Wildman–Crippen MR) is 39.8 cm³/mol. The molecule has 2 nitrogen and oxygen atoms in total. The van der Waals surface area contributed by atoms with Crippen molar-refractivity contribution in [3.05, 3.63) is 24.0 Å². The summed E-state index contributed by atoms with van der Waals surface area (Å²) in [5.41, 5.74) is 1.28. The lowest BCUT2D eigenvalue weighted by molar-refractivity contribution is -0.107. The molecule has 0 aliphatic rings. The number of carbonyl (C=O) groups is 1. The third-order valence-corrected chi connectivity index (χ3v) is 1.45. The van der Waals surface area contributed by atoms with Gasteiger partial charge in [0.05, 0.1) is 0 Å². The zero-order valence-corrected chi connectivity index (χ0v) is 5.84. The van der Waals surface area contributed by atoms with Crippen LogP contribution in [0.5, 0.6) is 0 Å². The Morgan fingerprint density at radius 3 is 3.10 bits per heavy atom. The van der Waals surface area contributed by atoms with E-state index in [2.05, 4.69) is 4.98 Å². The van der Waals surface area contributed by atoms with Gasteiger partial charge in [-0.2, -0.15) is 0 Å². The first-order valence-electron chi connectivity index (χ1n) is 3.49. The van der Waals surface area contributed by atoms with Crippen molar-refractivity contribution >= 4 is 6.29 Å². The van der Waals surface area contributed by atoms with Crippen molar-refractivity contribution in [3.63, 3.8) is 0 Å². The molecule has 1 heterocycles. The maximum Gasteiger partial charge on any atom is 0.120 e. The van der Waals surface area contributed by atoms with Crippen molar-refractivity contribution in [1.29, 1.82) is 0 Å². The minimum atomic E-state index is 0.672. The lowest BCUT2D eigenvalue weighted by Gasteiger charge is -1.90. The second kappa shape index (κ2) is 3.88. The van der Waals surface area contributed by atoms with Crippen molar-refractivity contribution in [3.8, 4) is 0 Å². The average molecular weight is 137 g/mol. The minimum Gasteiger partial charge on any atom is -0.367 e. The van der Waals surface area contributed by atoms with Gasteiger partial charge in [0, 0.05) is 18.8 Å². The molecule has 0 amide bonds. The molecule has 1 rings (SSSR count). The smallest absolute Gasteiger partial charge is 0.120 e. The van der Waals surface area contributed by atoms with Crippen LogP contribution in [0.4, 0.5) is 0 Å². The molecule has 0 aliphatic heterocycles. The molecule has 0 unspecified atom stereocenters. The lowest BCUT2D eigenvalue weighted by atomic mass is 10.1. The van der Waals surface area contributed by atoms with Gasteiger partial charge < -0.3 is 9.78 Å². The molecule has 10 heavy (non-hydrogen) atoms. The summed E-state index contributed by atoms with van der Waals surface area (Å²) in [6.45, 7) is 0. The normalized spacial score (nSPS) is 9.60. The first-order chi connectivity index (χ1) is 4.93. The second-order valence-corrected chi connectivity index (χ2v) is 2.28. The largest absolute Gasteiger partial charge is 0.367 e. The highest BCUT2D eigenvalue weighted by molar-refractivity contribution is 5.49. The van der Waals surface area contributed by atoms with Crippen LogP contribution < -0.4 is 0 Å². The van der Waals surface area contributed by atoms with Crippen LogP contribution in [0.15, 0.2) is 18.5 Å². The first-order valence-corrected chi connectivity index (χ1v) is 3.49. The van der Waals surface area contributed by atoms with E-state index in [-0.39, 0.29) is 0 Å². The third kappa shape index (κ3) is 2.05. The molecule has 1 aromatic heterocycles. The van der Waals surface area contributed by atoms with E-state index >= 15 is 0 Å². The molecule has 0 aromatic carbocycles. The van der Waals surface area contributed by atoms with Crippen LogP contribution in [0.1, 0.15) is 18.4 Å². The summed E-state index contributed by atoms with van der Waals surface area (Å²) in [5, 5.41) is 0. The Bertz CT molecular complexity index is 179. The fraction of sp³-hybridized carbons (Fsp3) is 0.375. The number of aromatic amines is 1. The van der Waals surface area contributed by atoms with Gasteiger partial charge in [-0.15, -0.1) is 0 Å². The molecular formula is C8H11NO. The molecule has 0 saturated carbocycles. The van der Waals surface area contributed by atoms with Gasteiger partial charge in [0.1, 0.15) is 6.29 Å². The summed E-state index contributed by atoms with van der Waals surface area (Å²) in [6, 6.07) is 2.03. The SMILES string of the molecule is O=CCCCc1cc[nH]c1. The van der Waals surface area contributed by atoms with Crippen LogP contribution in [0.3, 0.4) is 0 Å². The van der Waals surface area contributed by atoms with E-state index in [1.54, 1.807) is 0 Å². The van der Waals surface area contributed by atoms with Crippen LogP contribution in [0.25, 0.3) is 0 Å². The number of aromatic nitrogens is 1. The number of aryl methyl sites for hydroxylation is 1. The minimum absolute atomic E-state index is 0.672. The highest BCUT2D eigenvalue weighted by Gasteiger charge is 1.90. The molecular weight excluding hydrogens is 126 g/mol. The van der Waals surface area contributed by atoms with Gasteiger partial charge in [0.2, 0.25) is 0 Å². The topological polar surface area (TPSA) is 32.9 Å². The van der Waals surface area contributed by atoms with Crippen molar-refractivity contribution < 1.29 is 4.79 Å². The van der Waals surface area contributed by atoms with Crippen LogP contribution in [-0.4, -0.2) is 11.3 Å². The Morgan fingerprint density at radius 1 is 1.60 bits per heavy atom. The number of hydrogen-bond acceptors (Lipinski definition) is 1. The Balaban J connectivity index is 2.21. The van der Waals surface area contributed by atoms with E-state index in [4.69, 9.17) is 0 Å². The van der Waals surface area contributed by atoms with Crippen LogP contribution in [0.2, 0.25) is 0 Å². The van der Waals surface area contributed by atoms with Crippen molar-refractivity contribution in [1.82, 2.24) is 4.98 Å². The molecule has 0 fully saturated rings. The van der Waals surface area contributed by atoms with E-state index in [1.807, 2.05) is 18.5 Å². The maximum absolute atomic E-state index is 9.93. The number of nitrogens with one attached hydrogen (secondary N) is 1. The van der Waals surface area contributed by atoms with E-state index in [0.717, 1.165) is 19.1 Å². The Kier molecular flexibility index (Phi) is 2.74. The Hall–Kier alpha value is -1.05. The number of aldehydes is 1. The van der Waals surface area contributed by atoms with Gasteiger partial charge in [-0.25, -0.2) is 0 Å². The third-order valence-electron chi connectivity index (χ3n) is 1.45. The summed E-state index contributed by atoms with van der Waals surface area (Å²) in [6.07, 6.45) is 7.46. The van der Waals surface area contributed by atoms with Crippen LogP contribution in [-0.2, 0) is 11.2 Å². The van der Waals surface area contributed by atoms with E-state index in [9.17, 15) is 4.79 Å². The summed E-state index contributed by atoms with van der Waals surface area (Å²) in [5.74, 6) is 0. The van der Waals surface area contributed by atoms with Gasteiger partial charge >= 0.3 is 0 Å². The molecule has 0 bridgehead atoms. The number of unbranched alkanes of at least 4 members (excludes halogenated alkanes) is 1. The summed E-state index contributed by atoms with van der Waals surface area (Å²) >= 11 is 0. The quantitative estimate of drug-likeness (QED) is 0.495. The summed E-state index contributed by atoms with van der Waals surface area (Å²) in [7, 11) is 0. The predicted octanol–water partition coefficient (Wildman–Crippen LogP) is 1.54. The van der Waals surface area contributed by atoms with Crippen molar-refractivity contribution in [2.45, 2.75) is 19.3 Å². The molecule has 0 radical (unpaired) electrons. The van der Waals surface area contributed by atoms with Crippen LogP contribution in [0, 0.1) is 0 Å². The Labute approximate surface area is 60.3 Å². The average Bonchev–Trinajstić information content (AvgIpc) is 2.41. The maximum atomic E-state index is 9.93. The molecule has 54 valence electrons. The summed E-state index contributed by atoms with van der Waals surface area (Å²) < 4.78 is 0. The van der Waals surface area contributed by atoms with Gasteiger partial charge in [0.15, 0.2) is 0 Å². The molecule has 1 aromatic rings. The van der Waals surface area contributed by atoms with E-state index < -0.39 is 0 Å². The van der Waals surface area contributed by atoms with E-state index in [0.29, 0.717) is 6.42 Å². The first kappa shape index (κ1) is 7.06. The second-order valence-electron chi connectivity index (χ2n) is 2.28. The Morgan fingerprint density at radius 2 is 2.50 bits per heavy atom. The number of hydrogen-bond donors (Lipinski definition) is 1. The molecule has 0 aliphatic carbocycles. The molecule has 0 saturated heterocycles. The van der Waals surface area contributed by atoms with Crippen molar-refractivity contribution in [2.75, 3.05) is 0 Å². The molecule has 0 atom stereocenters. The number of rotatable bonds is 4. The van der Waals surface area contributed by atoms with Gasteiger partial charge in [-0.05, 0) is 24.5 Å². The number of H-pyrrole nitrogens is 1. The standard InChI is InChI=1S/C8H11NO/c10-6-2-1-3-8-4-5-9-7-8/h4-7,9H,1-3H2. The van der Waals surface area contributed by atoms with Gasteiger partial charge in [-0.3, -0.25) is 0 Å². The zero-order chi connectivity index (χ0) is 7.23. The van der Waals surface area contributed by atoms with E-state index in [1.165, 1.54) is 5.56 Å². The van der Waals surface area contributed by atoms with Crippen molar-refractivity contribution in [2.24, 2.45) is 0 Å². The summed E-state index contributed by atoms with van der Waals surface area (Å²) in [4.78, 5) is 12.9. The monoisotopic (exact) mass is 137 g/mol. The highest BCUT2D eigenvalue weighted by atomic mass is 16.1. The zero-order valence-electron chi connectivity index (χ0n) is 5.84. The fourth-order valence-corrected chi connectivity index (χ4v) is 0.903. The fourth-order valence-electron chi connectivity index (χ4n) is 0.903.